The molecule has 0 aliphatic carbocycles. The summed E-state index contributed by atoms with van der Waals surface area (Å²) in [6.45, 7) is 0.883. The number of hydrogen-bond acceptors (Lipinski definition) is 6. The lowest BCUT2D eigenvalue weighted by atomic mass is 9.98. The van der Waals surface area contributed by atoms with Gasteiger partial charge in [-0.3, -0.25) is 9.59 Å². The smallest absolute Gasteiger partial charge is 0.267 e. The van der Waals surface area contributed by atoms with E-state index in [-0.39, 0.29) is 18.0 Å². The molecule has 9 heteroatoms. The van der Waals surface area contributed by atoms with Crippen LogP contribution in [0.15, 0.2) is 47.5 Å². The Morgan fingerprint density at radius 1 is 1.14 bits per heavy atom. The first kappa shape index (κ1) is 18.7. The van der Waals surface area contributed by atoms with Gasteiger partial charge in [0.05, 0.1) is 14.2 Å². The molecule has 0 atom stereocenters. The summed E-state index contributed by atoms with van der Waals surface area (Å²) in [5.41, 5.74) is 1.80. The van der Waals surface area contributed by atoms with E-state index >= 15 is 0 Å². The van der Waals surface area contributed by atoms with Crippen LogP contribution in [0.4, 0.5) is 0 Å². The van der Waals surface area contributed by atoms with Crippen LogP contribution in [0.1, 0.15) is 11.1 Å². The van der Waals surface area contributed by atoms with Crippen molar-refractivity contribution in [3.8, 4) is 17.3 Å². The second-order valence-electron chi connectivity index (χ2n) is 6.68. The van der Waals surface area contributed by atoms with E-state index in [9.17, 15) is 9.59 Å². The highest BCUT2D eigenvalue weighted by molar-refractivity contribution is 5.76. The molecule has 0 unspecified atom stereocenters. The molecule has 0 spiro atoms. The lowest BCUT2D eigenvalue weighted by Crippen LogP contribution is -2.40. The maximum absolute atomic E-state index is 12.9. The molecule has 0 saturated carbocycles. The maximum Gasteiger partial charge on any atom is 0.267 e. The molecule has 4 rings (SSSR count). The zero-order chi connectivity index (χ0) is 20.4. The number of aromatic nitrogens is 4. The Hall–Kier alpha value is -3.62. The van der Waals surface area contributed by atoms with E-state index in [1.807, 2.05) is 12.1 Å². The van der Waals surface area contributed by atoms with Crippen LogP contribution >= 0.6 is 0 Å². The third-order valence-electron chi connectivity index (χ3n) is 4.95. The van der Waals surface area contributed by atoms with Crippen molar-refractivity contribution in [3.63, 3.8) is 0 Å². The molecule has 29 heavy (non-hydrogen) atoms. The highest BCUT2D eigenvalue weighted by Gasteiger charge is 2.23. The highest BCUT2D eigenvalue weighted by atomic mass is 16.5. The molecule has 1 aliphatic heterocycles. The normalized spacial score (nSPS) is 13.1. The Balaban J connectivity index is 1.53. The maximum atomic E-state index is 12.9. The van der Waals surface area contributed by atoms with Crippen molar-refractivity contribution < 1.29 is 14.3 Å². The molecule has 0 N–H and O–H groups in total. The molecule has 1 amide bonds. The number of carbonyl (C=O) groups is 1. The van der Waals surface area contributed by atoms with Crippen LogP contribution in [0.25, 0.3) is 5.82 Å². The lowest BCUT2D eigenvalue weighted by Gasteiger charge is -2.29. The molecule has 0 saturated heterocycles. The fourth-order valence-electron chi connectivity index (χ4n) is 3.40. The molecule has 0 fully saturated rings. The number of amides is 1. The van der Waals surface area contributed by atoms with Crippen molar-refractivity contribution in [2.45, 2.75) is 19.5 Å². The number of carbonyl (C=O) groups excluding carboxylic acids is 1. The van der Waals surface area contributed by atoms with Gasteiger partial charge >= 0.3 is 0 Å². The first-order chi connectivity index (χ1) is 14.1. The SMILES string of the molecule is COc1cc2c(cc1OC)CN(C(=O)Cn1nc(-n3cccn3)ccc1=O)CC2. The largest absolute Gasteiger partial charge is 0.493 e. The topological polar surface area (TPSA) is 91.5 Å². The average molecular weight is 395 g/mol. The Morgan fingerprint density at radius 2 is 1.90 bits per heavy atom. The van der Waals surface area contributed by atoms with Crippen molar-refractivity contribution in [1.82, 2.24) is 24.5 Å². The summed E-state index contributed by atoms with van der Waals surface area (Å²) >= 11 is 0. The van der Waals surface area contributed by atoms with Gasteiger partial charge in [-0.25, -0.2) is 9.36 Å². The van der Waals surface area contributed by atoms with Gasteiger partial charge in [0, 0.05) is 31.5 Å². The standard InChI is InChI=1S/C20H21N5O4/c1-28-16-10-14-6-9-23(12-15(14)11-17(16)29-2)20(27)13-25-19(26)5-4-18(22-25)24-8-3-7-21-24/h3-5,7-8,10-11H,6,9,12-13H2,1-2H3. The highest BCUT2D eigenvalue weighted by Crippen LogP contribution is 2.33. The number of rotatable bonds is 5. The fourth-order valence-corrected chi connectivity index (χ4v) is 3.40. The number of ether oxygens (including phenoxy) is 2. The Bertz CT molecular complexity index is 1090. The summed E-state index contributed by atoms with van der Waals surface area (Å²) in [4.78, 5) is 26.8. The zero-order valence-corrected chi connectivity index (χ0v) is 16.2. The predicted octanol–water partition coefficient (Wildman–Crippen LogP) is 1.03. The van der Waals surface area contributed by atoms with E-state index in [4.69, 9.17) is 9.47 Å². The van der Waals surface area contributed by atoms with E-state index in [1.54, 1.807) is 43.6 Å². The van der Waals surface area contributed by atoms with Gasteiger partial charge in [0.1, 0.15) is 6.54 Å². The molecule has 9 nitrogen and oxygen atoms in total. The molecule has 1 aromatic carbocycles. The van der Waals surface area contributed by atoms with Crippen molar-refractivity contribution in [3.05, 3.63) is 64.2 Å². The number of methoxy groups -OCH3 is 2. The quantitative estimate of drug-likeness (QED) is 0.641. The van der Waals surface area contributed by atoms with Crippen LogP contribution in [0.2, 0.25) is 0 Å². The van der Waals surface area contributed by atoms with Gasteiger partial charge in [0.2, 0.25) is 5.91 Å². The van der Waals surface area contributed by atoms with Crippen LogP contribution in [0.3, 0.4) is 0 Å². The van der Waals surface area contributed by atoms with Gasteiger partial charge in [0.15, 0.2) is 17.3 Å². The number of benzene rings is 1. The van der Waals surface area contributed by atoms with Gasteiger partial charge in [-0.05, 0) is 41.8 Å². The minimum Gasteiger partial charge on any atom is -0.493 e. The van der Waals surface area contributed by atoms with Crippen LogP contribution in [-0.4, -0.2) is 51.1 Å². The molecule has 0 radical (unpaired) electrons. The van der Waals surface area contributed by atoms with E-state index in [0.717, 1.165) is 11.1 Å². The molecule has 3 heterocycles. The summed E-state index contributed by atoms with van der Waals surface area (Å²) in [5.74, 6) is 1.61. The van der Waals surface area contributed by atoms with E-state index < -0.39 is 0 Å². The Labute approximate surface area is 167 Å². The van der Waals surface area contributed by atoms with Crippen molar-refractivity contribution >= 4 is 5.91 Å². The summed E-state index contributed by atoms with van der Waals surface area (Å²) < 4.78 is 13.4. The van der Waals surface area contributed by atoms with E-state index in [2.05, 4.69) is 10.2 Å². The molecule has 1 aliphatic rings. The number of nitrogens with zero attached hydrogens (tertiary/aromatic N) is 5. The van der Waals surface area contributed by atoms with Gasteiger partial charge in [-0.15, -0.1) is 5.10 Å². The van der Waals surface area contributed by atoms with Crippen molar-refractivity contribution in [1.29, 1.82) is 0 Å². The minimum absolute atomic E-state index is 0.128. The van der Waals surface area contributed by atoms with Crippen LogP contribution in [-0.2, 0) is 24.3 Å². The Kier molecular flexibility index (Phi) is 5.03. The summed E-state index contributed by atoms with van der Waals surface area (Å²) in [7, 11) is 3.19. The second kappa shape index (κ2) is 7.78. The number of hydrogen-bond donors (Lipinski definition) is 0. The van der Waals surface area contributed by atoms with Crippen LogP contribution in [0.5, 0.6) is 11.5 Å². The third-order valence-corrected chi connectivity index (χ3v) is 4.95. The minimum atomic E-state index is -0.335. The number of fused-ring (bicyclic) bond motifs is 1. The van der Waals surface area contributed by atoms with Crippen molar-refractivity contribution in [2.24, 2.45) is 0 Å². The van der Waals surface area contributed by atoms with Gasteiger partial charge in [-0.1, -0.05) is 0 Å². The second-order valence-corrected chi connectivity index (χ2v) is 6.68. The summed E-state index contributed by atoms with van der Waals surface area (Å²) in [6.07, 6.45) is 4.05. The lowest BCUT2D eigenvalue weighted by molar-refractivity contribution is -0.133. The van der Waals surface area contributed by atoms with Gasteiger partial charge in [-0.2, -0.15) is 5.10 Å². The molecule has 150 valence electrons. The van der Waals surface area contributed by atoms with Gasteiger partial charge < -0.3 is 14.4 Å². The van der Waals surface area contributed by atoms with Crippen LogP contribution in [0, 0.1) is 0 Å². The molecule has 2 aromatic heterocycles. The first-order valence-corrected chi connectivity index (χ1v) is 9.19. The van der Waals surface area contributed by atoms with Crippen LogP contribution < -0.4 is 15.0 Å². The summed E-state index contributed by atoms with van der Waals surface area (Å²) in [5, 5.41) is 8.37. The molecular weight excluding hydrogens is 374 g/mol. The third kappa shape index (κ3) is 3.71. The van der Waals surface area contributed by atoms with Gasteiger partial charge in [0.25, 0.3) is 5.56 Å². The fraction of sp³-hybridized carbons (Fsp3) is 0.300. The Morgan fingerprint density at radius 3 is 2.59 bits per heavy atom. The first-order valence-electron chi connectivity index (χ1n) is 9.19. The zero-order valence-electron chi connectivity index (χ0n) is 16.2. The van der Waals surface area contributed by atoms with E-state index in [1.165, 1.54) is 15.4 Å². The molecule has 0 bridgehead atoms. The van der Waals surface area contributed by atoms with E-state index in [0.29, 0.717) is 36.8 Å². The predicted molar refractivity (Wildman–Crippen MR) is 104 cm³/mol. The average Bonchev–Trinajstić information content (AvgIpc) is 3.28. The molecule has 3 aromatic rings. The molecular formula is C20H21N5O4. The van der Waals surface area contributed by atoms with Crippen molar-refractivity contribution in [2.75, 3.05) is 20.8 Å². The monoisotopic (exact) mass is 395 g/mol. The summed E-state index contributed by atoms with van der Waals surface area (Å²) in [6, 6.07) is 8.58.